The van der Waals surface area contributed by atoms with Crippen molar-refractivity contribution in [3.63, 3.8) is 0 Å². The van der Waals surface area contributed by atoms with Gasteiger partial charge in [0, 0.05) is 18.6 Å². The average molecular weight is 419 g/mol. The molecule has 0 aliphatic carbocycles. The summed E-state index contributed by atoms with van der Waals surface area (Å²) in [6.07, 6.45) is 2.14. The number of unbranched alkanes of at least 4 members (excludes halogenated alkanes) is 1. The van der Waals surface area contributed by atoms with Crippen LogP contribution in [0, 0.1) is 10.1 Å². The van der Waals surface area contributed by atoms with E-state index in [1.807, 2.05) is 19.1 Å². The quantitative estimate of drug-likeness (QED) is 0.205. The van der Waals surface area contributed by atoms with Crippen LogP contribution in [-0.2, 0) is 4.79 Å². The lowest BCUT2D eigenvalue weighted by Gasteiger charge is -2.07. The van der Waals surface area contributed by atoms with Crippen LogP contribution in [0.25, 0.3) is 11.1 Å². The van der Waals surface area contributed by atoms with Crippen molar-refractivity contribution >= 4 is 17.6 Å². The molecule has 0 unspecified atom stereocenters. The summed E-state index contributed by atoms with van der Waals surface area (Å²) >= 11 is 0. The van der Waals surface area contributed by atoms with Crippen LogP contribution >= 0.6 is 0 Å². The number of rotatable bonds is 8. The molecule has 0 saturated heterocycles. The highest BCUT2D eigenvalue weighted by atomic mass is 16.6. The Kier molecular flexibility index (Phi) is 7.11. The molecule has 0 atom stereocenters. The highest BCUT2D eigenvalue weighted by Crippen LogP contribution is 2.24. The molecule has 0 aliphatic rings. The van der Waals surface area contributed by atoms with E-state index in [0.717, 1.165) is 24.0 Å². The fourth-order valence-corrected chi connectivity index (χ4v) is 2.82. The van der Waals surface area contributed by atoms with Crippen LogP contribution in [0.2, 0.25) is 0 Å². The van der Waals surface area contributed by atoms with Gasteiger partial charge in [-0.2, -0.15) is 0 Å². The first-order chi connectivity index (χ1) is 15.0. The van der Waals surface area contributed by atoms with E-state index in [2.05, 4.69) is 0 Å². The van der Waals surface area contributed by atoms with Gasteiger partial charge in [-0.1, -0.05) is 37.6 Å². The van der Waals surface area contributed by atoms with Gasteiger partial charge in [-0.05, 0) is 53.9 Å². The van der Waals surface area contributed by atoms with Crippen LogP contribution in [0.4, 0.5) is 5.69 Å². The molecule has 0 fully saturated rings. The van der Waals surface area contributed by atoms with Gasteiger partial charge in [0.05, 0.1) is 10.5 Å². The minimum Gasteiger partial charge on any atom is -0.427 e. The van der Waals surface area contributed by atoms with E-state index in [4.69, 9.17) is 9.47 Å². The lowest BCUT2D eigenvalue weighted by molar-refractivity contribution is -0.384. The van der Waals surface area contributed by atoms with E-state index in [9.17, 15) is 19.7 Å². The normalized spacial score (nSPS) is 10.4. The molecule has 0 saturated carbocycles. The van der Waals surface area contributed by atoms with Gasteiger partial charge in [0.2, 0.25) is 0 Å². The van der Waals surface area contributed by atoms with Crippen LogP contribution < -0.4 is 9.47 Å². The molecule has 0 amide bonds. The molecule has 3 aromatic carbocycles. The van der Waals surface area contributed by atoms with Gasteiger partial charge in [0.15, 0.2) is 0 Å². The number of hydrogen-bond donors (Lipinski definition) is 0. The van der Waals surface area contributed by atoms with Crippen molar-refractivity contribution in [3.05, 3.63) is 88.5 Å². The lowest BCUT2D eigenvalue weighted by atomic mass is 10.0. The third kappa shape index (κ3) is 5.99. The molecule has 0 aliphatic heterocycles. The number of nitrogens with zero attached hydrogens (tertiary/aromatic N) is 1. The Hall–Kier alpha value is -4.00. The predicted octanol–water partition coefficient (Wildman–Crippen LogP) is 5.58. The van der Waals surface area contributed by atoms with E-state index in [1.165, 1.54) is 24.3 Å². The number of benzene rings is 3. The SMILES string of the molecule is CCCCC(=O)Oc1ccc(-c2ccc(C(=O)Oc3ccc([N+](=O)[O-])cc3)cc2)cc1. The number of hydrogen-bond acceptors (Lipinski definition) is 6. The Bertz CT molecular complexity index is 1060. The second-order valence-corrected chi connectivity index (χ2v) is 6.82. The van der Waals surface area contributed by atoms with E-state index in [1.54, 1.807) is 36.4 Å². The van der Waals surface area contributed by atoms with Crippen molar-refractivity contribution in [1.82, 2.24) is 0 Å². The van der Waals surface area contributed by atoms with Crippen molar-refractivity contribution in [2.75, 3.05) is 0 Å². The molecule has 7 nitrogen and oxygen atoms in total. The summed E-state index contributed by atoms with van der Waals surface area (Å²) in [7, 11) is 0. The molecule has 3 rings (SSSR count). The number of carbonyl (C=O) groups excluding carboxylic acids is 2. The van der Waals surface area contributed by atoms with E-state index < -0.39 is 10.9 Å². The van der Waals surface area contributed by atoms with Gasteiger partial charge >= 0.3 is 11.9 Å². The van der Waals surface area contributed by atoms with Gasteiger partial charge < -0.3 is 9.47 Å². The number of nitro groups is 1. The predicted molar refractivity (Wildman–Crippen MR) is 115 cm³/mol. The molecule has 0 heterocycles. The first-order valence-corrected chi connectivity index (χ1v) is 9.84. The van der Waals surface area contributed by atoms with Gasteiger partial charge in [0.1, 0.15) is 11.5 Å². The zero-order chi connectivity index (χ0) is 22.2. The Balaban J connectivity index is 1.62. The van der Waals surface area contributed by atoms with Crippen LogP contribution in [-0.4, -0.2) is 16.9 Å². The summed E-state index contributed by atoms with van der Waals surface area (Å²) < 4.78 is 10.5. The van der Waals surface area contributed by atoms with E-state index in [0.29, 0.717) is 17.7 Å². The minimum absolute atomic E-state index is 0.0779. The molecule has 0 N–H and O–H groups in total. The minimum atomic E-state index is -0.560. The zero-order valence-electron chi connectivity index (χ0n) is 16.9. The van der Waals surface area contributed by atoms with Gasteiger partial charge in [-0.3, -0.25) is 14.9 Å². The maximum atomic E-state index is 12.3. The van der Waals surface area contributed by atoms with Gasteiger partial charge in [-0.25, -0.2) is 4.79 Å². The molecular weight excluding hydrogens is 398 g/mol. The summed E-state index contributed by atoms with van der Waals surface area (Å²) in [5.74, 6) is -0.0860. The summed E-state index contributed by atoms with van der Waals surface area (Å²) in [4.78, 5) is 34.2. The third-order valence-corrected chi connectivity index (χ3v) is 4.53. The fraction of sp³-hybridized carbons (Fsp3) is 0.167. The van der Waals surface area contributed by atoms with Crippen LogP contribution in [0.5, 0.6) is 11.5 Å². The summed E-state index contributed by atoms with van der Waals surface area (Å²) in [5.41, 5.74) is 2.06. The largest absolute Gasteiger partial charge is 0.427 e. The molecular formula is C24H21NO6. The number of ether oxygens (including phenoxy) is 2. The third-order valence-electron chi connectivity index (χ3n) is 4.53. The number of nitro benzene ring substituents is 1. The summed E-state index contributed by atoms with van der Waals surface area (Å²) in [6.45, 7) is 2.02. The zero-order valence-corrected chi connectivity index (χ0v) is 16.9. The van der Waals surface area contributed by atoms with Crippen molar-refractivity contribution in [3.8, 4) is 22.6 Å². The summed E-state index contributed by atoms with van der Waals surface area (Å²) in [6, 6.07) is 19.3. The van der Waals surface area contributed by atoms with Crippen LogP contribution in [0.3, 0.4) is 0 Å². The maximum Gasteiger partial charge on any atom is 0.343 e. The molecule has 3 aromatic rings. The maximum absolute atomic E-state index is 12.3. The lowest BCUT2D eigenvalue weighted by Crippen LogP contribution is -2.08. The van der Waals surface area contributed by atoms with E-state index in [-0.39, 0.29) is 17.4 Å². The van der Waals surface area contributed by atoms with Crippen molar-refractivity contribution in [1.29, 1.82) is 0 Å². The second kappa shape index (κ2) is 10.2. The Morgan fingerprint density at radius 1 is 0.806 bits per heavy atom. The highest BCUT2D eigenvalue weighted by molar-refractivity contribution is 5.91. The first kappa shape index (κ1) is 21.7. The number of esters is 2. The van der Waals surface area contributed by atoms with Crippen molar-refractivity contribution < 1.29 is 24.0 Å². The van der Waals surface area contributed by atoms with E-state index >= 15 is 0 Å². The molecule has 158 valence electrons. The molecule has 7 heteroatoms. The molecule has 0 bridgehead atoms. The van der Waals surface area contributed by atoms with Crippen LogP contribution in [0.1, 0.15) is 36.5 Å². The van der Waals surface area contributed by atoms with Gasteiger partial charge in [0.25, 0.3) is 5.69 Å². The number of non-ortho nitro benzene ring substituents is 1. The topological polar surface area (TPSA) is 95.7 Å². The summed E-state index contributed by atoms with van der Waals surface area (Å²) in [5, 5.41) is 10.7. The molecule has 31 heavy (non-hydrogen) atoms. The second-order valence-electron chi connectivity index (χ2n) is 6.82. The smallest absolute Gasteiger partial charge is 0.343 e. The fourth-order valence-electron chi connectivity index (χ4n) is 2.82. The highest BCUT2D eigenvalue weighted by Gasteiger charge is 2.11. The average Bonchev–Trinajstić information content (AvgIpc) is 2.78. The van der Waals surface area contributed by atoms with Crippen molar-refractivity contribution in [2.45, 2.75) is 26.2 Å². The first-order valence-electron chi connectivity index (χ1n) is 9.84. The Labute approximate surface area is 179 Å². The molecule has 0 spiro atoms. The molecule has 0 radical (unpaired) electrons. The standard InChI is InChI=1S/C24H21NO6/c1-2-3-4-23(26)30-21-13-9-18(10-14-21)17-5-7-19(8-6-17)24(27)31-22-15-11-20(12-16-22)25(28)29/h5-16H,2-4H2,1H3. The van der Waals surface area contributed by atoms with Crippen molar-refractivity contribution in [2.24, 2.45) is 0 Å². The van der Waals surface area contributed by atoms with Crippen LogP contribution in [0.15, 0.2) is 72.8 Å². The monoisotopic (exact) mass is 419 g/mol. The van der Waals surface area contributed by atoms with Gasteiger partial charge in [-0.15, -0.1) is 0 Å². The molecule has 0 aromatic heterocycles. The Morgan fingerprint density at radius 2 is 1.32 bits per heavy atom. The number of carbonyl (C=O) groups is 2. The Morgan fingerprint density at radius 3 is 1.87 bits per heavy atom.